The topological polar surface area (TPSA) is 76.6 Å². The van der Waals surface area contributed by atoms with Crippen molar-refractivity contribution in [3.63, 3.8) is 0 Å². The van der Waals surface area contributed by atoms with Gasteiger partial charge in [0.05, 0.1) is 17.8 Å². The van der Waals surface area contributed by atoms with E-state index in [1.165, 1.54) is 6.92 Å². The predicted octanol–water partition coefficient (Wildman–Crippen LogP) is 3.79. The van der Waals surface area contributed by atoms with E-state index >= 15 is 0 Å². The predicted molar refractivity (Wildman–Crippen MR) is 125 cm³/mol. The third kappa shape index (κ3) is 3.82. The molecule has 1 saturated heterocycles. The Morgan fingerprint density at radius 3 is 2.59 bits per heavy atom. The summed E-state index contributed by atoms with van der Waals surface area (Å²) in [5.41, 5.74) is 5.65. The summed E-state index contributed by atoms with van der Waals surface area (Å²) in [7, 11) is 5.93. The Hall–Kier alpha value is -3.37. The zero-order valence-electron chi connectivity index (χ0n) is 19.3. The van der Waals surface area contributed by atoms with Gasteiger partial charge in [0.15, 0.2) is 5.58 Å². The number of anilines is 1. The lowest BCUT2D eigenvalue weighted by Crippen LogP contribution is -2.31. The Morgan fingerprint density at radius 1 is 1.28 bits per heavy atom. The smallest absolute Gasteiger partial charge is 0.219 e. The van der Waals surface area contributed by atoms with Crippen molar-refractivity contribution in [2.75, 3.05) is 39.1 Å². The molecule has 0 radical (unpaired) electrons. The molecule has 7 nitrogen and oxygen atoms in total. The Kier molecular flexibility index (Phi) is 5.90. The van der Waals surface area contributed by atoms with Crippen molar-refractivity contribution in [1.29, 1.82) is 5.26 Å². The van der Waals surface area contributed by atoms with E-state index in [1.54, 1.807) is 11.9 Å². The molecule has 0 N–H and O–H groups in total. The maximum absolute atomic E-state index is 11.7. The van der Waals surface area contributed by atoms with E-state index in [-0.39, 0.29) is 12.5 Å². The average molecular weight is 432 g/mol. The van der Waals surface area contributed by atoms with E-state index in [2.05, 4.69) is 47.1 Å². The van der Waals surface area contributed by atoms with E-state index in [0.717, 1.165) is 41.9 Å². The van der Waals surface area contributed by atoms with Crippen LogP contribution in [0, 0.1) is 18.3 Å². The van der Waals surface area contributed by atoms with Gasteiger partial charge < -0.3 is 19.1 Å². The van der Waals surface area contributed by atoms with Crippen LogP contribution in [0.5, 0.6) is 0 Å². The van der Waals surface area contributed by atoms with Crippen LogP contribution in [0.1, 0.15) is 30.4 Å². The van der Waals surface area contributed by atoms with Crippen LogP contribution < -0.4 is 4.90 Å². The highest BCUT2D eigenvalue weighted by molar-refractivity contribution is 6.02. The highest BCUT2D eigenvalue weighted by atomic mass is 16.4. The fourth-order valence-electron chi connectivity index (χ4n) is 4.43. The van der Waals surface area contributed by atoms with Crippen LogP contribution in [0.3, 0.4) is 0 Å². The van der Waals surface area contributed by atoms with Crippen molar-refractivity contribution in [1.82, 2.24) is 14.8 Å². The second-order valence-electron chi connectivity index (χ2n) is 8.71. The van der Waals surface area contributed by atoms with Crippen LogP contribution in [0.25, 0.3) is 22.2 Å². The first-order chi connectivity index (χ1) is 15.3. The van der Waals surface area contributed by atoms with Gasteiger partial charge >= 0.3 is 0 Å². The summed E-state index contributed by atoms with van der Waals surface area (Å²) in [6, 6.07) is 12.9. The molecule has 2 aromatic carbocycles. The normalized spacial score (nSPS) is 16.0. The van der Waals surface area contributed by atoms with Gasteiger partial charge in [0.2, 0.25) is 11.8 Å². The number of nitriles is 1. The van der Waals surface area contributed by atoms with Gasteiger partial charge in [-0.3, -0.25) is 4.79 Å². The number of amides is 1. The molecule has 0 saturated carbocycles. The number of hydrogen-bond donors (Lipinski definition) is 0. The van der Waals surface area contributed by atoms with Gasteiger partial charge in [0, 0.05) is 38.7 Å². The maximum Gasteiger partial charge on any atom is 0.219 e. The van der Waals surface area contributed by atoms with E-state index < -0.39 is 0 Å². The van der Waals surface area contributed by atoms with Gasteiger partial charge in [-0.05, 0) is 38.6 Å². The monoisotopic (exact) mass is 431 g/mol. The van der Waals surface area contributed by atoms with Crippen LogP contribution >= 0.6 is 0 Å². The Morgan fingerprint density at radius 2 is 2.00 bits per heavy atom. The zero-order chi connectivity index (χ0) is 23.0. The standard InChI is InChI=1S/C25H29N5O2/c1-16-20(13-26)23-25(32-21(27-23)15-29(5)17(2)31)24(22(16)18-9-7-6-8-10-18)30-12-11-19(14-30)28(3)4/h6-10,19H,11-12,14-15H2,1-5H3/t19-/m0/s1. The maximum atomic E-state index is 11.7. The lowest BCUT2D eigenvalue weighted by Gasteiger charge is -2.25. The largest absolute Gasteiger partial charge is 0.436 e. The van der Waals surface area contributed by atoms with E-state index in [4.69, 9.17) is 4.42 Å². The van der Waals surface area contributed by atoms with Crippen LogP contribution in [0.4, 0.5) is 5.69 Å². The highest BCUT2D eigenvalue weighted by Gasteiger charge is 2.31. The molecular formula is C25H29N5O2. The zero-order valence-corrected chi connectivity index (χ0v) is 19.3. The lowest BCUT2D eigenvalue weighted by atomic mass is 9.93. The molecule has 1 aliphatic rings. The minimum Gasteiger partial charge on any atom is -0.436 e. The van der Waals surface area contributed by atoms with Crippen LogP contribution in [0.15, 0.2) is 34.7 Å². The van der Waals surface area contributed by atoms with Gasteiger partial charge in [-0.15, -0.1) is 0 Å². The minimum absolute atomic E-state index is 0.0671. The number of carbonyl (C=O) groups is 1. The number of carbonyl (C=O) groups excluding carboxylic acids is 1. The first kappa shape index (κ1) is 21.8. The Bertz CT molecular complexity index is 1190. The van der Waals surface area contributed by atoms with E-state index in [9.17, 15) is 10.1 Å². The first-order valence-corrected chi connectivity index (χ1v) is 10.9. The number of rotatable bonds is 5. The van der Waals surface area contributed by atoms with Crippen molar-refractivity contribution in [2.24, 2.45) is 0 Å². The molecule has 7 heteroatoms. The van der Waals surface area contributed by atoms with Gasteiger partial charge in [-0.25, -0.2) is 4.98 Å². The summed E-state index contributed by atoms with van der Waals surface area (Å²) in [5.74, 6) is 0.367. The Labute approximate surface area is 188 Å². The molecule has 0 bridgehead atoms. The molecule has 0 unspecified atom stereocenters. The molecule has 1 aliphatic heterocycles. The molecule has 4 rings (SSSR count). The molecule has 1 aromatic heterocycles. The second-order valence-corrected chi connectivity index (χ2v) is 8.71. The quantitative estimate of drug-likeness (QED) is 0.612. The van der Waals surface area contributed by atoms with E-state index in [0.29, 0.717) is 28.6 Å². The minimum atomic E-state index is -0.0671. The first-order valence-electron chi connectivity index (χ1n) is 10.9. The number of likely N-dealkylation sites (N-methyl/N-ethyl adjacent to an activating group) is 1. The SMILES string of the molecule is CC(=O)N(C)Cc1nc2c(C#N)c(C)c(-c3ccccc3)c(N3CC[C@H](N(C)C)C3)c2o1. The molecule has 1 fully saturated rings. The number of oxazole rings is 1. The van der Waals surface area contributed by atoms with Gasteiger partial charge in [-0.1, -0.05) is 30.3 Å². The molecule has 3 aromatic rings. The van der Waals surface area contributed by atoms with Crippen LogP contribution in [-0.2, 0) is 11.3 Å². The third-order valence-corrected chi connectivity index (χ3v) is 6.40. The van der Waals surface area contributed by atoms with E-state index in [1.807, 2.05) is 25.1 Å². The molecule has 32 heavy (non-hydrogen) atoms. The summed E-state index contributed by atoms with van der Waals surface area (Å²) >= 11 is 0. The van der Waals surface area contributed by atoms with Crippen molar-refractivity contribution >= 4 is 22.7 Å². The molecular weight excluding hydrogens is 402 g/mol. The highest BCUT2D eigenvalue weighted by Crippen LogP contribution is 2.44. The molecule has 166 valence electrons. The van der Waals surface area contributed by atoms with Gasteiger partial charge in [0.1, 0.15) is 11.6 Å². The average Bonchev–Trinajstić information content (AvgIpc) is 3.41. The Balaban J connectivity index is 1.97. The summed E-state index contributed by atoms with van der Waals surface area (Å²) < 4.78 is 6.28. The summed E-state index contributed by atoms with van der Waals surface area (Å²) in [4.78, 5) is 22.6. The summed E-state index contributed by atoms with van der Waals surface area (Å²) in [6.45, 7) is 5.52. The van der Waals surface area contributed by atoms with Crippen LogP contribution in [0.2, 0.25) is 0 Å². The second kappa shape index (κ2) is 8.64. The van der Waals surface area contributed by atoms with Gasteiger partial charge in [0.25, 0.3) is 0 Å². The van der Waals surface area contributed by atoms with Gasteiger partial charge in [-0.2, -0.15) is 5.26 Å². The summed E-state index contributed by atoms with van der Waals surface area (Å²) in [6.07, 6.45) is 1.05. The number of benzene rings is 2. The summed E-state index contributed by atoms with van der Waals surface area (Å²) in [5, 5.41) is 10.0. The molecule has 1 amide bonds. The van der Waals surface area contributed by atoms with Crippen molar-refractivity contribution < 1.29 is 9.21 Å². The van der Waals surface area contributed by atoms with Crippen molar-refractivity contribution in [2.45, 2.75) is 32.9 Å². The number of aromatic nitrogens is 1. The lowest BCUT2D eigenvalue weighted by molar-refractivity contribution is -0.128. The molecule has 1 atom stereocenters. The number of nitrogens with zero attached hydrogens (tertiary/aromatic N) is 5. The molecule has 0 spiro atoms. The van der Waals surface area contributed by atoms with Crippen LogP contribution in [-0.4, -0.2) is 61.0 Å². The number of fused-ring (bicyclic) bond motifs is 1. The number of hydrogen-bond acceptors (Lipinski definition) is 6. The molecule has 2 heterocycles. The molecule has 0 aliphatic carbocycles. The third-order valence-electron chi connectivity index (χ3n) is 6.40. The fraction of sp³-hybridized carbons (Fsp3) is 0.400. The van der Waals surface area contributed by atoms with Crippen molar-refractivity contribution in [3.05, 3.63) is 47.3 Å². The fourth-order valence-corrected chi connectivity index (χ4v) is 4.43. The van der Waals surface area contributed by atoms with Crippen molar-refractivity contribution in [3.8, 4) is 17.2 Å².